The van der Waals surface area contributed by atoms with E-state index >= 15 is 0 Å². The zero-order valence-corrected chi connectivity index (χ0v) is 15.4. The number of aromatic nitrogens is 2. The van der Waals surface area contributed by atoms with Crippen molar-refractivity contribution in [2.45, 2.75) is 13.0 Å². The summed E-state index contributed by atoms with van der Waals surface area (Å²) in [4.78, 5) is 25.3. The molecular formula is C19H18N4O5. The highest BCUT2D eigenvalue weighted by Gasteiger charge is 2.27. The van der Waals surface area contributed by atoms with Crippen LogP contribution in [-0.2, 0) is 13.0 Å². The van der Waals surface area contributed by atoms with Gasteiger partial charge in [-0.05, 0) is 35.7 Å². The maximum Gasteiger partial charge on any atom is 0.275 e. The maximum absolute atomic E-state index is 13.1. The summed E-state index contributed by atoms with van der Waals surface area (Å²) < 4.78 is 10.7. The van der Waals surface area contributed by atoms with E-state index in [0.717, 1.165) is 11.1 Å². The smallest absolute Gasteiger partial charge is 0.275 e. The van der Waals surface area contributed by atoms with E-state index in [9.17, 15) is 14.9 Å². The van der Waals surface area contributed by atoms with E-state index in [0.29, 0.717) is 41.9 Å². The quantitative estimate of drug-likeness (QED) is 0.549. The Hall–Kier alpha value is -3.62. The van der Waals surface area contributed by atoms with E-state index in [-0.39, 0.29) is 17.3 Å². The minimum atomic E-state index is -0.489. The van der Waals surface area contributed by atoms with Crippen LogP contribution in [0, 0.1) is 10.1 Å². The first-order valence-electron chi connectivity index (χ1n) is 8.67. The van der Waals surface area contributed by atoms with Crippen molar-refractivity contribution in [3.8, 4) is 11.5 Å². The Kier molecular flexibility index (Phi) is 4.34. The molecule has 0 aliphatic carbocycles. The Morgan fingerprint density at radius 1 is 1.18 bits per heavy atom. The number of nitrogens with one attached hydrogen (secondary N) is 1. The van der Waals surface area contributed by atoms with Gasteiger partial charge in [-0.1, -0.05) is 0 Å². The number of ether oxygens (including phenoxy) is 2. The fourth-order valence-corrected chi connectivity index (χ4v) is 3.48. The number of fused-ring (bicyclic) bond motifs is 2. The molecule has 0 saturated heterocycles. The largest absolute Gasteiger partial charge is 0.493 e. The molecule has 1 N–H and O–H groups in total. The van der Waals surface area contributed by atoms with Gasteiger partial charge in [-0.25, -0.2) is 0 Å². The number of carbonyl (C=O) groups excluding carboxylic acids is 1. The van der Waals surface area contributed by atoms with Crippen LogP contribution in [0.4, 0.5) is 5.69 Å². The standard InChI is InChI=1S/C19H18N4O5/c1-27-16-7-11-5-6-22(10-12(11)8-17(16)28-2)19(24)18-14-9-13(23(25)26)3-4-15(14)20-21-18/h3-4,7-9H,5-6,10H2,1-2H3,(H,20,21). The van der Waals surface area contributed by atoms with Crippen molar-refractivity contribution in [2.24, 2.45) is 0 Å². The van der Waals surface area contributed by atoms with Gasteiger partial charge >= 0.3 is 0 Å². The van der Waals surface area contributed by atoms with Gasteiger partial charge in [0.05, 0.1) is 24.7 Å². The second-order valence-corrected chi connectivity index (χ2v) is 6.51. The average molecular weight is 382 g/mol. The van der Waals surface area contributed by atoms with E-state index in [1.165, 1.54) is 12.1 Å². The number of benzene rings is 2. The van der Waals surface area contributed by atoms with Crippen LogP contribution >= 0.6 is 0 Å². The van der Waals surface area contributed by atoms with Crippen LogP contribution in [-0.4, -0.2) is 46.7 Å². The van der Waals surface area contributed by atoms with Crippen LogP contribution in [0.1, 0.15) is 21.6 Å². The Morgan fingerprint density at radius 2 is 1.89 bits per heavy atom. The normalized spacial score (nSPS) is 13.3. The fourth-order valence-electron chi connectivity index (χ4n) is 3.48. The molecule has 9 heteroatoms. The maximum atomic E-state index is 13.1. The summed E-state index contributed by atoms with van der Waals surface area (Å²) in [5, 5.41) is 18.4. The molecule has 2 aromatic carbocycles. The summed E-state index contributed by atoms with van der Waals surface area (Å²) in [6.45, 7) is 0.919. The lowest BCUT2D eigenvalue weighted by molar-refractivity contribution is -0.384. The summed E-state index contributed by atoms with van der Waals surface area (Å²) >= 11 is 0. The number of nitro benzene ring substituents is 1. The molecule has 0 fully saturated rings. The van der Waals surface area contributed by atoms with E-state index < -0.39 is 4.92 Å². The monoisotopic (exact) mass is 382 g/mol. The number of aromatic amines is 1. The number of hydrogen-bond acceptors (Lipinski definition) is 6. The van der Waals surface area contributed by atoms with E-state index in [4.69, 9.17) is 9.47 Å². The summed E-state index contributed by atoms with van der Waals surface area (Å²) in [5.74, 6) is 0.996. The molecule has 144 valence electrons. The molecule has 3 aromatic rings. The Balaban J connectivity index is 1.66. The van der Waals surface area contributed by atoms with Crippen molar-refractivity contribution in [3.63, 3.8) is 0 Å². The fraction of sp³-hybridized carbons (Fsp3) is 0.263. The van der Waals surface area contributed by atoms with Gasteiger partial charge in [-0.15, -0.1) is 0 Å². The van der Waals surface area contributed by atoms with Crippen LogP contribution in [0.15, 0.2) is 30.3 Å². The van der Waals surface area contributed by atoms with Crippen molar-refractivity contribution >= 4 is 22.5 Å². The lowest BCUT2D eigenvalue weighted by atomic mass is 9.98. The molecule has 2 heterocycles. The van der Waals surface area contributed by atoms with Crippen LogP contribution in [0.5, 0.6) is 11.5 Å². The van der Waals surface area contributed by atoms with E-state index in [1.54, 1.807) is 25.2 Å². The topological polar surface area (TPSA) is 111 Å². The molecular weight excluding hydrogens is 364 g/mol. The first-order valence-corrected chi connectivity index (χ1v) is 8.67. The zero-order valence-electron chi connectivity index (χ0n) is 15.4. The second-order valence-electron chi connectivity index (χ2n) is 6.51. The predicted molar refractivity (Wildman–Crippen MR) is 101 cm³/mol. The SMILES string of the molecule is COc1cc2c(cc1OC)CN(C(=O)c1n[nH]c3ccc([N+](=O)[O-])cc13)CC2. The first kappa shape index (κ1) is 17.8. The molecule has 0 atom stereocenters. The summed E-state index contributed by atoms with van der Waals surface area (Å²) in [6, 6.07) is 8.12. The molecule has 4 rings (SSSR count). The molecule has 0 spiro atoms. The number of rotatable bonds is 4. The summed E-state index contributed by atoms with van der Waals surface area (Å²) in [5.41, 5.74) is 2.76. The molecule has 1 aromatic heterocycles. The van der Waals surface area contributed by atoms with Crippen molar-refractivity contribution in [3.05, 3.63) is 57.3 Å². The second kappa shape index (κ2) is 6.84. The number of hydrogen-bond donors (Lipinski definition) is 1. The van der Waals surface area contributed by atoms with Crippen LogP contribution in [0.25, 0.3) is 10.9 Å². The van der Waals surface area contributed by atoms with Gasteiger partial charge in [-0.3, -0.25) is 20.0 Å². The van der Waals surface area contributed by atoms with E-state index in [1.807, 2.05) is 12.1 Å². The van der Waals surface area contributed by atoms with Gasteiger partial charge in [-0.2, -0.15) is 5.10 Å². The van der Waals surface area contributed by atoms with Crippen molar-refractivity contribution in [1.82, 2.24) is 15.1 Å². The summed E-state index contributed by atoms with van der Waals surface area (Å²) in [7, 11) is 3.16. The van der Waals surface area contributed by atoms with Gasteiger partial charge in [0.15, 0.2) is 17.2 Å². The van der Waals surface area contributed by atoms with Crippen LogP contribution in [0.3, 0.4) is 0 Å². The molecule has 1 amide bonds. The minimum Gasteiger partial charge on any atom is -0.493 e. The van der Waals surface area contributed by atoms with Crippen LogP contribution in [0.2, 0.25) is 0 Å². The highest BCUT2D eigenvalue weighted by Crippen LogP contribution is 2.34. The van der Waals surface area contributed by atoms with Gasteiger partial charge in [0.1, 0.15) is 0 Å². The van der Waals surface area contributed by atoms with Gasteiger partial charge in [0, 0.05) is 30.6 Å². The number of carbonyl (C=O) groups is 1. The van der Waals surface area contributed by atoms with Gasteiger partial charge < -0.3 is 14.4 Å². The third-order valence-corrected chi connectivity index (χ3v) is 4.97. The number of methoxy groups -OCH3 is 2. The van der Waals surface area contributed by atoms with Crippen molar-refractivity contribution < 1.29 is 19.2 Å². The average Bonchev–Trinajstić information content (AvgIpc) is 3.14. The highest BCUT2D eigenvalue weighted by atomic mass is 16.6. The molecule has 1 aliphatic rings. The molecule has 9 nitrogen and oxygen atoms in total. The Bertz CT molecular complexity index is 1090. The number of nitrogens with zero attached hydrogens (tertiary/aromatic N) is 3. The lowest BCUT2D eigenvalue weighted by Gasteiger charge is -2.29. The van der Waals surface area contributed by atoms with Gasteiger partial charge in [0.25, 0.3) is 11.6 Å². The predicted octanol–water partition coefficient (Wildman–Crippen LogP) is 2.69. The van der Waals surface area contributed by atoms with Crippen molar-refractivity contribution in [1.29, 1.82) is 0 Å². The molecule has 0 radical (unpaired) electrons. The van der Waals surface area contributed by atoms with Crippen molar-refractivity contribution in [2.75, 3.05) is 20.8 Å². The highest BCUT2D eigenvalue weighted by molar-refractivity contribution is 6.05. The Morgan fingerprint density at radius 3 is 2.57 bits per heavy atom. The number of H-pyrrole nitrogens is 1. The molecule has 28 heavy (non-hydrogen) atoms. The first-order chi connectivity index (χ1) is 13.5. The molecule has 0 saturated carbocycles. The number of amides is 1. The zero-order chi connectivity index (χ0) is 19.8. The number of non-ortho nitro benzene ring substituents is 1. The number of nitro groups is 1. The third kappa shape index (κ3) is 2.90. The minimum absolute atomic E-state index is 0.0798. The third-order valence-electron chi connectivity index (χ3n) is 4.97. The molecule has 0 bridgehead atoms. The molecule has 0 unspecified atom stereocenters. The van der Waals surface area contributed by atoms with Gasteiger partial charge in [0.2, 0.25) is 0 Å². The van der Waals surface area contributed by atoms with E-state index in [2.05, 4.69) is 10.2 Å². The summed E-state index contributed by atoms with van der Waals surface area (Å²) in [6.07, 6.45) is 0.671. The van der Waals surface area contributed by atoms with Crippen LogP contribution < -0.4 is 9.47 Å². The lowest BCUT2D eigenvalue weighted by Crippen LogP contribution is -2.36. The molecule has 1 aliphatic heterocycles. The Labute approximate surface area is 160 Å².